The van der Waals surface area contributed by atoms with Gasteiger partial charge in [-0.3, -0.25) is 0 Å². The summed E-state index contributed by atoms with van der Waals surface area (Å²) in [7, 11) is -1.38. The normalized spacial score (nSPS) is 11.8. The van der Waals surface area contributed by atoms with Crippen molar-refractivity contribution in [2.75, 3.05) is 19.4 Å². The van der Waals surface area contributed by atoms with Crippen LogP contribution in [0.5, 0.6) is 5.75 Å². The van der Waals surface area contributed by atoms with Crippen LogP contribution in [-0.2, 0) is 16.4 Å². The van der Waals surface area contributed by atoms with E-state index in [4.69, 9.17) is 4.74 Å². The van der Waals surface area contributed by atoms with Gasteiger partial charge in [-0.1, -0.05) is 6.07 Å². The van der Waals surface area contributed by atoms with E-state index in [2.05, 4.69) is 5.32 Å². The fraction of sp³-hybridized carbons (Fsp3) is 0.538. The van der Waals surface area contributed by atoms with Crippen molar-refractivity contribution in [1.82, 2.24) is 5.32 Å². The van der Waals surface area contributed by atoms with Crippen molar-refractivity contribution in [3.63, 3.8) is 0 Å². The van der Waals surface area contributed by atoms with Gasteiger partial charge >= 0.3 is 0 Å². The lowest BCUT2D eigenvalue weighted by Crippen LogP contribution is -2.22. The Labute approximate surface area is 113 Å². The molecule has 0 spiro atoms. The highest BCUT2D eigenvalue weighted by Crippen LogP contribution is 2.18. The van der Waals surface area contributed by atoms with E-state index in [-0.39, 0.29) is 18.1 Å². The maximum absolute atomic E-state index is 13.6. The highest BCUT2D eigenvalue weighted by Gasteiger charge is 2.16. The number of nitrogens with one attached hydrogen (secondary N) is 1. The molecule has 0 bridgehead atoms. The van der Waals surface area contributed by atoms with Crippen LogP contribution in [0.25, 0.3) is 0 Å². The molecule has 0 saturated heterocycles. The molecule has 1 N–H and O–H groups in total. The third-order valence-electron chi connectivity index (χ3n) is 2.72. The molecular weight excluding hydrogens is 269 g/mol. The van der Waals surface area contributed by atoms with Crippen LogP contribution in [0.1, 0.15) is 19.4 Å². The molecule has 0 heterocycles. The maximum Gasteiger partial charge on any atom is 0.165 e. The number of benzene rings is 1. The summed E-state index contributed by atoms with van der Waals surface area (Å²) in [5.41, 5.74) is 0.808. The number of hydrogen-bond acceptors (Lipinski definition) is 4. The van der Waals surface area contributed by atoms with Crippen molar-refractivity contribution < 1.29 is 17.5 Å². The summed E-state index contributed by atoms with van der Waals surface area (Å²) in [5, 5.41) is 2.47. The molecule has 0 aliphatic carbocycles. The second-order valence-corrected chi connectivity index (χ2v) is 7.24. The quantitative estimate of drug-likeness (QED) is 0.831. The average Bonchev–Trinajstić information content (AvgIpc) is 2.32. The van der Waals surface area contributed by atoms with Gasteiger partial charge in [0.2, 0.25) is 0 Å². The molecule has 0 aliphatic heterocycles. The van der Waals surface area contributed by atoms with Gasteiger partial charge in [-0.25, -0.2) is 12.8 Å². The highest BCUT2D eigenvalue weighted by molar-refractivity contribution is 7.91. The van der Waals surface area contributed by atoms with Crippen LogP contribution in [0.15, 0.2) is 18.2 Å². The molecule has 0 unspecified atom stereocenters. The molecule has 0 atom stereocenters. The average molecular weight is 289 g/mol. The zero-order valence-corrected chi connectivity index (χ0v) is 12.3. The van der Waals surface area contributed by atoms with E-state index in [1.165, 1.54) is 12.1 Å². The topological polar surface area (TPSA) is 55.4 Å². The van der Waals surface area contributed by atoms with Crippen molar-refractivity contribution in [3.05, 3.63) is 29.6 Å². The van der Waals surface area contributed by atoms with Crippen LogP contribution in [0.4, 0.5) is 4.39 Å². The van der Waals surface area contributed by atoms with Crippen LogP contribution < -0.4 is 10.1 Å². The molecule has 1 aromatic rings. The van der Waals surface area contributed by atoms with Crippen molar-refractivity contribution >= 4 is 9.84 Å². The van der Waals surface area contributed by atoms with Gasteiger partial charge in [-0.15, -0.1) is 0 Å². The van der Waals surface area contributed by atoms with E-state index < -0.39 is 20.9 Å². The zero-order chi connectivity index (χ0) is 14.5. The zero-order valence-electron chi connectivity index (χ0n) is 11.4. The first-order valence-electron chi connectivity index (χ1n) is 6.14. The number of sulfone groups is 1. The first kappa shape index (κ1) is 15.9. The van der Waals surface area contributed by atoms with Crippen LogP contribution in [0, 0.1) is 5.82 Å². The van der Waals surface area contributed by atoms with E-state index in [0.717, 1.165) is 5.56 Å². The fourth-order valence-electron chi connectivity index (χ4n) is 1.48. The van der Waals surface area contributed by atoms with Gasteiger partial charge in [0.25, 0.3) is 0 Å². The second-order valence-electron chi connectivity index (χ2n) is 4.56. The third-order valence-corrected chi connectivity index (χ3v) is 4.89. The Bertz CT molecular complexity index is 515. The summed E-state index contributed by atoms with van der Waals surface area (Å²) < 4.78 is 42.0. The second kappa shape index (κ2) is 6.86. The molecule has 4 nitrogen and oxygen atoms in total. The molecule has 0 radical (unpaired) electrons. The SMILES string of the molecule is CNCc1ccc(OCCS(=O)(=O)C(C)C)c(F)c1. The predicted octanol–water partition coefficient (Wildman–Crippen LogP) is 1.75. The van der Waals surface area contributed by atoms with Gasteiger partial charge in [0, 0.05) is 6.54 Å². The van der Waals surface area contributed by atoms with Crippen LogP contribution in [0.2, 0.25) is 0 Å². The van der Waals surface area contributed by atoms with Gasteiger partial charge in [0.15, 0.2) is 21.4 Å². The highest BCUT2D eigenvalue weighted by atomic mass is 32.2. The monoisotopic (exact) mass is 289 g/mol. The van der Waals surface area contributed by atoms with Crippen molar-refractivity contribution in [1.29, 1.82) is 0 Å². The standard InChI is InChI=1S/C13H20FNO3S/c1-10(2)19(16,17)7-6-18-13-5-4-11(9-15-3)8-12(13)14/h4-5,8,10,15H,6-7,9H2,1-3H3. The largest absolute Gasteiger partial charge is 0.489 e. The minimum absolute atomic E-state index is 0.0389. The molecular formula is C13H20FNO3S. The third kappa shape index (κ3) is 4.80. The summed E-state index contributed by atoms with van der Waals surface area (Å²) in [6.07, 6.45) is 0. The summed E-state index contributed by atoms with van der Waals surface area (Å²) >= 11 is 0. The Morgan fingerprint density at radius 3 is 2.58 bits per heavy atom. The Morgan fingerprint density at radius 1 is 1.37 bits per heavy atom. The molecule has 6 heteroatoms. The van der Waals surface area contributed by atoms with Crippen LogP contribution in [0.3, 0.4) is 0 Å². The molecule has 1 rings (SSSR count). The van der Waals surface area contributed by atoms with Gasteiger partial charge in [0.05, 0.1) is 11.0 Å². The van der Waals surface area contributed by atoms with E-state index in [0.29, 0.717) is 6.54 Å². The number of rotatable bonds is 7. The van der Waals surface area contributed by atoms with E-state index >= 15 is 0 Å². The molecule has 108 valence electrons. The van der Waals surface area contributed by atoms with Crippen molar-refractivity contribution in [3.8, 4) is 5.75 Å². The van der Waals surface area contributed by atoms with Gasteiger partial charge < -0.3 is 10.1 Å². The Hall–Kier alpha value is -1.14. The van der Waals surface area contributed by atoms with Crippen LogP contribution in [-0.4, -0.2) is 33.1 Å². The maximum atomic E-state index is 13.6. The lowest BCUT2D eigenvalue weighted by atomic mass is 10.2. The molecule has 19 heavy (non-hydrogen) atoms. The van der Waals surface area contributed by atoms with E-state index in [1.54, 1.807) is 27.0 Å². The van der Waals surface area contributed by atoms with E-state index in [1.807, 2.05) is 0 Å². The lowest BCUT2D eigenvalue weighted by molar-refractivity contribution is 0.321. The Morgan fingerprint density at radius 2 is 2.05 bits per heavy atom. The predicted molar refractivity (Wildman–Crippen MR) is 73.6 cm³/mol. The fourth-order valence-corrected chi connectivity index (χ4v) is 2.27. The summed E-state index contributed by atoms with van der Waals surface area (Å²) in [6, 6.07) is 4.64. The number of ether oxygens (including phenoxy) is 1. The lowest BCUT2D eigenvalue weighted by Gasteiger charge is -2.10. The Balaban J connectivity index is 2.59. The number of halogens is 1. The molecule has 0 aromatic heterocycles. The minimum atomic E-state index is -3.16. The van der Waals surface area contributed by atoms with Gasteiger partial charge in [-0.05, 0) is 38.6 Å². The number of hydrogen-bond donors (Lipinski definition) is 1. The van der Waals surface area contributed by atoms with Gasteiger partial charge in [-0.2, -0.15) is 0 Å². The Kier molecular flexibility index (Phi) is 5.75. The molecule has 0 fully saturated rings. The molecule has 1 aromatic carbocycles. The van der Waals surface area contributed by atoms with Gasteiger partial charge in [0.1, 0.15) is 6.61 Å². The first-order chi connectivity index (χ1) is 8.86. The molecule has 0 amide bonds. The first-order valence-corrected chi connectivity index (χ1v) is 7.85. The van der Waals surface area contributed by atoms with Crippen molar-refractivity contribution in [2.45, 2.75) is 25.6 Å². The summed E-state index contributed by atoms with van der Waals surface area (Å²) in [5.74, 6) is -0.504. The van der Waals surface area contributed by atoms with E-state index in [9.17, 15) is 12.8 Å². The summed E-state index contributed by atoms with van der Waals surface area (Å²) in [4.78, 5) is 0. The smallest absolute Gasteiger partial charge is 0.165 e. The minimum Gasteiger partial charge on any atom is -0.489 e. The molecule has 0 saturated carbocycles. The summed E-state index contributed by atoms with van der Waals surface area (Å²) in [6.45, 7) is 3.76. The van der Waals surface area contributed by atoms with Crippen LogP contribution >= 0.6 is 0 Å². The van der Waals surface area contributed by atoms with Crippen molar-refractivity contribution in [2.24, 2.45) is 0 Å². The molecule has 0 aliphatic rings.